The molecular formula is C20H21NO4. The third-order valence-corrected chi connectivity index (χ3v) is 4.61. The Morgan fingerprint density at radius 2 is 1.92 bits per heavy atom. The average molecular weight is 339 g/mol. The van der Waals surface area contributed by atoms with Crippen molar-refractivity contribution in [2.24, 2.45) is 5.41 Å². The Labute approximate surface area is 146 Å². The first-order valence-corrected chi connectivity index (χ1v) is 8.25. The SMILES string of the molecule is Cc1cccc(Oc2ccccc2C(=O)N2CCC(C)(C(=O)O)C2)c1. The molecule has 1 saturated heterocycles. The number of para-hydroxylation sites is 1. The second-order valence-electron chi connectivity index (χ2n) is 6.76. The van der Waals surface area contributed by atoms with Crippen LogP contribution in [0.5, 0.6) is 11.5 Å². The Bertz CT molecular complexity index is 817. The Hall–Kier alpha value is -2.82. The summed E-state index contributed by atoms with van der Waals surface area (Å²) in [5.41, 5.74) is 0.624. The van der Waals surface area contributed by atoms with Gasteiger partial charge in [0.2, 0.25) is 0 Å². The molecule has 0 bridgehead atoms. The van der Waals surface area contributed by atoms with E-state index in [-0.39, 0.29) is 12.5 Å². The first kappa shape index (κ1) is 17.0. The normalized spacial score (nSPS) is 19.7. The Morgan fingerprint density at radius 1 is 1.16 bits per heavy atom. The fraction of sp³-hybridized carbons (Fsp3) is 0.300. The van der Waals surface area contributed by atoms with Crippen LogP contribution in [0, 0.1) is 12.3 Å². The second-order valence-corrected chi connectivity index (χ2v) is 6.76. The third-order valence-electron chi connectivity index (χ3n) is 4.61. The number of nitrogens with zero attached hydrogens (tertiary/aromatic N) is 1. The molecule has 0 radical (unpaired) electrons. The molecule has 1 heterocycles. The molecule has 5 heteroatoms. The van der Waals surface area contributed by atoms with Crippen LogP contribution in [-0.2, 0) is 4.79 Å². The van der Waals surface area contributed by atoms with Gasteiger partial charge in [0.25, 0.3) is 5.91 Å². The molecule has 0 saturated carbocycles. The van der Waals surface area contributed by atoms with Gasteiger partial charge in [0, 0.05) is 13.1 Å². The molecule has 1 N–H and O–H groups in total. The number of likely N-dealkylation sites (tertiary alicyclic amines) is 1. The molecule has 2 aromatic carbocycles. The largest absolute Gasteiger partial charge is 0.481 e. The van der Waals surface area contributed by atoms with Crippen LogP contribution < -0.4 is 4.74 Å². The third kappa shape index (κ3) is 3.50. The molecule has 1 amide bonds. The topological polar surface area (TPSA) is 66.8 Å². The standard InChI is InChI=1S/C20H21NO4/c1-14-6-5-7-15(12-14)25-17-9-4-3-8-16(17)18(22)21-11-10-20(2,13-21)19(23)24/h3-9,12H,10-11,13H2,1-2H3,(H,23,24). The molecule has 1 unspecified atom stereocenters. The van der Waals surface area contributed by atoms with Gasteiger partial charge in [-0.1, -0.05) is 24.3 Å². The van der Waals surface area contributed by atoms with Crippen LogP contribution in [0.15, 0.2) is 48.5 Å². The molecule has 25 heavy (non-hydrogen) atoms. The van der Waals surface area contributed by atoms with Gasteiger partial charge in [-0.3, -0.25) is 9.59 Å². The number of carboxylic acid groups (broad SMARTS) is 1. The number of benzene rings is 2. The zero-order valence-electron chi connectivity index (χ0n) is 14.4. The first-order chi connectivity index (χ1) is 11.9. The van der Waals surface area contributed by atoms with Crippen molar-refractivity contribution in [1.29, 1.82) is 0 Å². The molecular weight excluding hydrogens is 318 g/mol. The number of carboxylic acids is 1. The minimum atomic E-state index is -0.887. The van der Waals surface area contributed by atoms with Crippen molar-refractivity contribution in [3.63, 3.8) is 0 Å². The van der Waals surface area contributed by atoms with Crippen molar-refractivity contribution in [3.8, 4) is 11.5 Å². The highest BCUT2D eigenvalue weighted by Gasteiger charge is 2.42. The van der Waals surface area contributed by atoms with Crippen LogP contribution in [0.3, 0.4) is 0 Å². The molecule has 1 fully saturated rings. The maximum absolute atomic E-state index is 12.9. The van der Waals surface area contributed by atoms with Crippen LogP contribution in [0.2, 0.25) is 0 Å². The Kier molecular flexibility index (Phi) is 4.49. The number of hydrogen-bond donors (Lipinski definition) is 1. The lowest BCUT2D eigenvalue weighted by Crippen LogP contribution is -2.35. The summed E-state index contributed by atoms with van der Waals surface area (Å²) in [7, 11) is 0. The van der Waals surface area contributed by atoms with E-state index in [1.54, 1.807) is 30.0 Å². The number of amides is 1. The van der Waals surface area contributed by atoms with Crippen LogP contribution in [0.25, 0.3) is 0 Å². The molecule has 1 atom stereocenters. The molecule has 1 aliphatic rings. The maximum atomic E-state index is 12.9. The zero-order chi connectivity index (χ0) is 18.0. The maximum Gasteiger partial charge on any atom is 0.311 e. The highest BCUT2D eigenvalue weighted by Crippen LogP contribution is 2.33. The van der Waals surface area contributed by atoms with Gasteiger partial charge >= 0.3 is 5.97 Å². The van der Waals surface area contributed by atoms with E-state index >= 15 is 0 Å². The van der Waals surface area contributed by atoms with Gasteiger partial charge in [-0.2, -0.15) is 0 Å². The predicted octanol–water partition coefficient (Wildman–Crippen LogP) is 3.72. The summed E-state index contributed by atoms with van der Waals surface area (Å²) in [5.74, 6) is 0.0689. The lowest BCUT2D eigenvalue weighted by molar-refractivity contribution is -0.147. The fourth-order valence-corrected chi connectivity index (χ4v) is 3.02. The van der Waals surface area contributed by atoms with Crippen LogP contribution in [0.4, 0.5) is 0 Å². The number of rotatable bonds is 4. The smallest absolute Gasteiger partial charge is 0.311 e. The van der Waals surface area contributed by atoms with E-state index < -0.39 is 11.4 Å². The van der Waals surface area contributed by atoms with Crippen molar-refractivity contribution in [1.82, 2.24) is 4.90 Å². The minimum Gasteiger partial charge on any atom is -0.481 e. The second kappa shape index (κ2) is 6.59. The van der Waals surface area contributed by atoms with Gasteiger partial charge in [0.1, 0.15) is 11.5 Å². The van der Waals surface area contributed by atoms with Gasteiger partial charge in [-0.05, 0) is 50.1 Å². The highest BCUT2D eigenvalue weighted by molar-refractivity contribution is 5.97. The summed E-state index contributed by atoms with van der Waals surface area (Å²) in [4.78, 5) is 25.9. The quantitative estimate of drug-likeness (QED) is 0.922. The van der Waals surface area contributed by atoms with E-state index in [2.05, 4.69) is 0 Å². The Balaban J connectivity index is 1.83. The lowest BCUT2D eigenvalue weighted by atomic mass is 9.90. The van der Waals surface area contributed by atoms with Crippen molar-refractivity contribution in [2.45, 2.75) is 20.3 Å². The predicted molar refractivity (Wildman–Crippen MR) is 94.0 cm³/mol. The molecule has 0 spiro atoms. The van der Waals surface area contributed by atoms with Crippen molar-refractivity contribution >= 4 is 11.9 Å². The molecule has 0 aromatic heterocycles. The average Bonchev–Trinajstić information content (AvgIpc) is 2.99. The summed E-state index contributed by atoms with van der Waals surface area (Å²) < 4.78 is 5.91. The number of aryl methyl sites for hydroxylation is 1. The molecule has 2 aromatic rings. The summed E-state index contributed by atoms with van der Waals surface area (Å²) in [6.45, 7) is 4.29. The number of aliphatic carboxylic acids is 1. The summed E-state index contributed by atoms with van der Waals surface area (Å²) in [6.07, 6.45) is 0.453. The number of ether oxygens (including phenoxy) is 1. The molecule has 1 aliphatic heterocycles. The lowest BCUT2D eigenvalue weighted by Gasteiger charge is -2.21. The van der Waals surface area contributed by atoms with E-state index in [4.69, 9.17) is 4.74 Å². The number of hydrogen-bond acceptors (Lipinski definition) is 3. The van der Waals surface area contributed by atoms with Gasteiger partial charge < -0.3 is 14.7 Å². The summed E-state index contributed by atoms with van der Waals surface area (Å²) >= 11 is 0. The van der Waals surface area contributed by atoms with Crippen LogP contribution in [-0.4, -0.2) is 35.0 Å². The van der Waals surface area contributed by atoms with Crippen molar-refractivity contribution < 1.29 is 19.4 Å². The van der Waals surface area contributed by atoms with E-state index in [1.165, 1.54) is 0 Å². The number of carbonyl (C=O) groups excluding carboxylic acids is 1. The first-order valence-electron chi connectivity index (χ1n) is 8.25. The van der Waals surface area contributed by atoms with Crippen LogP contribution >= 0.6 is 0 Å². The minimum absolute atomic E-state index is 0.201. The molecule has 5 nitrogen and oxygen atoms in total. The summed E-state index contributed by atoms with van der Waals surface area (Å²) in [5, 5.41) is 9.36. The van der Waals surface area contributed by atoms with Gasteiger partial charge in [0.15, 0.2) is 0 Å². The van der Waals surface area contributed by atoms with Crippen molar-refractivity contribution in [2.75, 3.05) is 13.1 Å². The molecule has 0 aliphatic carbocycles. The molecule has 3 rings (SSSR count). The van der Waals surface area contributed by atoms with Crippen LogP contribution in [0.1, 0.15) is 29.3 Å². The van der Waals surface area contributed by atoms with Gasteiger partial charge in [-0.25, -0.2) is 0 Å². The van der Waals surface area contributed by atoms with E-state index in [1.807, 2.05) is 37.3 Å². The van der Waals surface area contributed by atoms with E-state index in [0.29, 0.717) is 30.0 Å². The molecule has 130 valence electrons. The van der Waals surface area contributed by atoms with E-state index in [0.717, 1.165) is 5.56 Å². The van der Waals surface area contributed by atoms with Gasteiger partial charge in [-0.15, -0.1) is 0 Å². The highest BCUT2D eigenvalue weighted by atomic mass is 16.5. The van der Waals surface area contributed by atoms with E-state index in [9.17, 15) is 14.7 Å². The zero-order valence-corrected chi connectivity index (χ0v) is 14.4. The Morgan fingerprint density at radius 3 is 2.60 bits per heavy atom. The number of carbonyl (C=O) groups is 2. The van der Waals surface area contributed by atoms with Gasteiger partial charge in [0.05, 0.1) is 11.0 Å². The monoisotopic (exact) mass is 339 g/mol. The summed E-state index contributed by atoms with van der Waals surface area (Å²) in [6, 6.07) is 14.7. The fourth-order valence-electron chi connectivity index (χ4n) is 3.02. The van der Waals surface area contributed by atoms with Crippen molar-refractivity contribution in [3.05, 3.63) is 59.7 Å².